The Morgan fingerprint density at radius 3 is 2.26 bits per heavy atom. The van der Waals surface area contributed by atoms with Crippen LogP contribution in [0.3, 0.4) is 0 Å². The number of methoxy groups -OCH3 is 1. The number of ether oxygens (including phenoxy) is 1. The third kappa shape index (κ3) is 5.24. The quantitative estimate of drug-likeness (QED) is 0.460. The number of rotatable bonds is 10. The third-order valence-electron chi connectivity index (χ3n) is 6.48. The van der Waals surface area contributed by atoms with E-state index in [4.69, 9.17) is 9.72 Å². The number of nitrogens with zero attached hydrogens (tertiary/aromatic N) is 3. The summed E-state index contributed by atoms with van der Waals surface area (Å²) in [4.78, 5) is 33.3. The molecule has 1 aromatic heterocycles. The van der Waals surface area contributed by atoms with Crippen LogP contribution in [0.1, 0.15) is 69.7 Å². The normalized spacial score (nSPS) is 13.8. The van der Waals surface area contributed by atoms with Gasteiger partial charge in [-0.25, -0.2) is 4.98 Å². The highest BCUT2D eigenvalue weighted by Crippen LogP contribution is 2.24. The summed E-state index contributed by atoms with van der Waals surface area (Å²) in [5.74, 6) is 0.951. The number of hydrogen-bond acceptors (Lipinski definition) is 4. The average Bonchev–Trinajstić information content (AvgIpc) is 3.22. The van der Waals surface area contributed by atoms with E-state index in [2.05, 4.69) is 33.0 Å². The van der Waals surface area contributed by atoms with Crippen molar-refractivity contribution in [1.82, 2.24) is 19.8 Å². The molecule has 7 nitrogen and oxygen atoms in total. The first-order valence-corrected chi connectivity index (χ1v) is 12.0. The number of nitrogens with one attached hydrogen (secondary N) is 1. The standard InChI is InChI=1S/C27H36N4O3/c1-7-18(3)31(19(4)8-2)25(32)17-30-23-15-11-10-14-22(23)29-26(30)20(5)28-27(33)21-13-9-12-16-24(21)34-6/h9-16,18-20H,7-8,17H2,1-6H3,(H,28,33). The first-order chi connectivity index (χ1) is 16.3. The molecule has 0 spiro atoms. The van der Waals surface area contributed by atoms with Crippen LogP contribution in [0.25, 0.3) is 11.0 Å². The Hall–Kier alpha value is -3.35. The van der Waals surface area contributed by atoms with Gasteiger partial charge in [-0.1, -0.05) is 38.1 Å². The van der Waals surface area contributed by atoms with Crippen LogP contribution >= 0.6 is 0 Å². The Balaban J connectivity index is 1.94. The summed E-state index contributed by atoms with van der Waals surface area (Å²) in [6.45, 7) is 10.4. The highest BCUT2D eigenvalue weighted by molar-refractivity contribution is 5.97. The maximum atomic E-state index is 13.5. The van der Waals surface area contributed by atoms with E-state index in [1.807, 2.05) is 46.7 Å². The zero-order chi connectivity index (χ0) is 24.8. The molecule has 0 bridgehead atoms. The van der Waals surface area contributed by atoms with Gasteiger partial charge >= 0.3 is 0 Å². The summed E-state index contributed by atoms with van der Waals surface area (Å²) in [5, 5.41) is 3.03. The fraction of sp³-hybridized carbons (Fsp3) is 0.444. The van der Waals surface area contributed by atoms with Crippen molar-refractivity contribution in [2.45, 2.75) is 72.1 Å². The average molecular weight is 465 g/mol. The molecule has 2 aromatic carbocycles. The molecule has 2 amide bonds. The van der Waals surface area contributed by atoms with E-state index in [9.17, 15) is 9.59 Å². The molecule has 34 heavy (non-hydrogen) atoms. The van der Waals surface area contributed by atoms with Crippen molar-refractivity contribution in [3.8, 4) is 5.75 Å². The van der Waals surface area contributed by atoms with E-state index in [0.717, 1.165) is 23.9 Å². The molecule has 0 radical (unpaired) electrons. The van der Waals surface area contributed by atoms with Gasteiger partial charge in [-0.2, -0.15) is 0 Å². The number of hydrogen-bond donors (Lipinski definition) is 1. The van der Waals surface area contributed by atoms with E-state index in [1.165, 1.54) is 0 Å². The topological polar surface area (TPSA) is 76.5 Å². The van der Waals surface area contributed by atoms with E-state index < -0.39 is 6.04 Å². The molecule has 3 atom stereocenters. The number of benzene rings is 2. The third-order valence-corrected chi connectivity index (χ3v) is 6.48. The number of imidazole rings is 1. The van der Waals surface area contributed by atoms with Gasteiger partial charge in [0.05, 0.1) is 29.7 Å². The van der Waals surface area contributed by atoms with Gasteiger partial charge in [0.2, 0.25) is 5.91 Å². The maximum absolute atomic E-state index is 13.5. The van der Waals surface area contributed by atoms with Crippen LogP contribution in [0, 0.1) is 0 Å². The molecule has 0 saturated heterocycles. The zero-order valence-corrected chi connectivity index (χ0v) is 21.0. The second kappa shape index (κ2) is 11.2. The Labute approximate surface area is 202 Å². The molecule has 0 aliphatic heterocycles. The zero-order valence-electron chi connectivity index (χ0n) is 21.0. The van der Waals surface area contributed by atoms with Crippen molar-refractivity contribution in [1.29, 1.82) is 0 Å². The molecule has 0 aliphatic rings. The SMILES string of the molecule is CCC(C)N(C(=O)Cn1c(C(C)NC(=O)c2ccccc2OC)nc2ccccc21)C(C)CC. The second-order valence-electron chi connectivity index (χ2n) is 8.76. The van der Waals surface area contributed by atoms with Gasteiger partial charge in [0.1, 0.15) is 18.1 Å². The number of para-hydroxylation sites is 3. The van der Waals surface area contributed by atoms with Crippen molar-refractivity contribution in [3.63, 3.8) is 0 Å². The number of carbonyl (C=O) groups excluding carboxylic acids is 2. The lowest BCUT2D eigenvalue weighted by atomic mass is 10.1. The summed E-state index contributed by atoms with van der Waals surface area (Å²) in [6, 6.07) is 14.7. The molecule has 7 heteroatoms. The minimum Gasteiger partial charge on any atom is -0.496 e. The summed E-state index contributed by atoms with van der Waals surface area (Å²) in [5.41, 5.74) is 2.12. The number of amides is 2. The first-order valence-electron chi connectivity index (χ1n) is 12.0. The Morgan fingerprint density at radius 2 is 1.62 bits per heavy atom. The van der Waals surface area contributed by atoms with Gasteiger partial charge in [0.15, 0.2) is 0 Å². The van der Waals surface area contributed by atoms with Crippen molar-refractivity contribution >= 4 is 22.8 Å². The molecule has 3 unspecified atom stereocenters. The van der Waals surface area contributed by atoms with Crippen molar-refractivity contribution in [2.24, 2.45) is 0 Å². The number of aromatic nitrogens is 2. The monoisotopic (exact) mass is 464 g/mol. The highest BCUT2D eigenvalue weighted by Gasteiger charge is 2.27. The molecule has 0 saturated carbocycles. The Morgan fingerprint density at radius 1 is 1.00 bits per heavy atom. The predicted molar refractivity (Wildman–Crippen MR) is 135 cm³/mol. The van der Waals surface area contributed by atoms with Crippen LogP contribution in [0.5, 0.6) is 5.75 Å². The van der Waals surface area contributed by atoms with Gasteiger partial charge in [0, 0.05) is 12.1 Å². The molecule has 182 valence electrons. The molecule has 1 heterocycles. The lowest BCUT2D eigenvalue weighted by molar-refractivity contribution is -0.136. The van der Waals surface area contributed by atoms with Crippen LogP contribution < -0.4 is 10.1 Å². The fourth-order valence-electron chi connectivity index (χ4n) is 4.30. The van der Waals surface area contributed by atoms with E-state index in [1.54, 1.807) is 25.3 Å². The van der Waals surface area contributed by atoms with E-state index in [-0.39, 0.29) is 30.4 Å². The van der Waals surface area contributed by atoms with Crippen LogP contribution in [-0.2, 0) is 11.3 Å². The highest BCUT2D eigenvalue weighted by atomic mass is 16.5. The van der Waals surface area contributed by atoms with Crippen LogP contribution in [0.4, 0.5) is 0 Å². The van der Waals surface area contributed by atoms with Gasteiger partial charge in [-0.05, 0) is 57.9 Å². The summed E-state index contributed by atoms with van der Waals surface area (Å²) < 4.78 is 7.27. The largest absolute Gasteiger partial charge is 0.496 e. The van der Waals surface area contributed by atoms with E-state index in [0.29, 0.717) is 17.1 Å². The van der Waals surface area contributed by atoms with E-state index >= 15 is 0 Å². The Kier molecular flexibility index (Phi) is 8.31. The summed E-state index contributed by atoms with van der Waals surface area (Å²) in [7, 11) is 1.54. The molecule has 1 N–H and O–H groups in total. The van der Waals surface area contributed by atoms with Crippen LogP contribution in [0.15, 0.2) is 48.5 Å². The Bertz CT molecular complexity index is 1130. The lowest BCUT2D eigenvalue weighted by Gasteiger charge is -2.34. The van der Waals surface area contributed by atoms with Crippen LogP contribution in [-0.4, -0.2) is 45.5 Å². The number of fused-ring (bicyclic) bond motifs is 1. The van der Waals surface area contributed by atoms with Gasteiger partial charge in [0.25, 0.3) is 5.91 Å². The van der Waals surface area contributed by atoms with Gasteiger partial charge in [-0.15, -0.1) is 0 Å². The molecule has 0 fully saturated rings. The van der Waals surface area contributed by atoms with Crippen molar-refractivity contribution in [2.75, 3.05) is 7.11 Å². The second-order valence-corrected chi connectivity index (χ2v) is 8.76. The maximum Gasteiger partial charge on any atom is 0.255 e. The van der Waals surface area contributed by atoms with Gasteiger partial charge < -0.3 is 19.5 Å². The molecule has 3 rings (SSSR count). The first kappa shape index (κ1) is 25.3. The smallest absolute Gasteiger partial charge is 0.255 e. The number of carbonyl (C=O) groups is 2. The minimum absolute atomic E-state index is 0.0522. The van der Waals surface area contributed by atoms with Crippen LogP contribution in [0.2, 0.25) is 0 Å². The lowest BCUT2D eigenvalue weighted by Crippen LogP contribution is -2.46. The van der Waals surface area contributed by atoms with Gasteiger partial charge in [-0.3, -0.25) is 9.59 Å². The molecular formula is C27H36N4O3. The summed E-state index contributed by atoms with van der Waals surface area (Å²) in [6.07, 6.45) is 1.78. The minimum atomic E-state index is -0.418. The molecule has 0 aliphatic carbocycles. The predicted octanol–water partition coefficient (Wildman–Crippen LogP) is 4.96. The molecule has 3 aromatic rings. The van der Waals surface area contributed by atoms with Crippen molar-refractivity contribution < 1.29 is 14.3 Å². The van der Waals surface area contributed by atoms with Crippen molar-refractivity contribution in [3.05, 3.63) is 59.9 Å². The fourth-order valence-corrected chi connectivity index (χ4v) is 4.30. The summed E-state index contributed by atoms with van der Waals surface area (Å²) >= 11 is 0. The molecular weight excluding hydrogens is 428 g/mol.